The van der Waals surface area contributed by atoms with Crippen molar-refractivity contribution in [3.05, 3.63) is 15.7 Å². The zero-order valence-electron chi connectivity index (χ0n) is 10.3. The second-order valence-electron chi connectivity index (χ2n) is 3.35. The first kappa shape index (κ1) is 14.7. The highest BCUT2D eigenvalue weighted by Gasteiger charge is 2.15. The molecule has 0 N–H and O–H groups in total. The van der Waals surface area contributed by atoms with Crippen LogP contribution in [0.2, 0.25) is 4.47 Å². The van der Waals surface area contributed by atoms with Gasteiger partial charge >= 0.3 is 0 Å². The number of hydrogen-bond acceptors (Lipinski definition) is 5. The van der Waals surface area contributed by atoms with Gasteiger partial charge in [0.25, 0.3) is 6.47 Å². The van der Waals surface area contributed by atoms with Crippen LogP contribution < -0.4 is 0 Å². The molecule has 0 saturated heterocycles. The van der Waals surface area contributed by atoms with Crippen LogP contribution in [-0.2, 0) is 16.6 Å². The maximum Gasteiger partial charge on any atom is 0.293 e. The Morgan fingerprint density at radius 3 is 2.61 bits per heavy atom. The molecule has 2 aromatic rings. The summed E-state index contributed by atoms with van der Waals surface area (Å²) in [5.74, 6) is 0. The number of carbonyl (C=O) groups is 2. The summed E-state index contributed by atoms with van der Waals surface area (Å²) in [5.41, 5.74) is 2.41. The summed E-state index contributed by atoms with van der Waals surface area (Å²) in [4.78, 5) is 24.1. The SMILES string of the molecule is CCOC=O.Cc1c(C=O)c2sc(Cl)nc2n1C. The second-order valence-corrected chi connectivity index (χ2v) is 4.93. The van der Waals surface area contributed by atoms with Gasteiger partial charge in [-0.25, -0.2) is 4.98 Å². The van der Waals surface area contributed by atoms with E-state index in [1.807, 2.05) is 18.5 Å². The molecule has 0 aliphatic rings. The number of thiazole rings is 1. The zero-order chi connectivity index (χ0) is 13.7. The Bertz CT molecular complexity index is 562. The molecule has 0 atom stereocenters. The number of carbonyl (C=O) groups excluding carboxylic acids is 2. The van der Waals surface area contributed by atoms with Gasteiger partial charge in [0, 0.05) is 12.7 Å². The standard InChI is InChI=1S/C8H7ClN2OS.C3H6O2/c1-4-5(3-12)6-7(11(4)2)10-8(9)13-6;1-2-5-3-4/h3H,1-2H3;3H,2H2,1H3. The minimum absolute atomic E-state index is 0.431. The lowest BCUT2D eigenvalue weighted by molar-refractivity contribution is -0.128. The van der Waals surface area contributed by atoms with Crippen LogP contribution >= 0.6 is 22.9 Å². The van der Waals surface area contributed by atoms with Crippen molar-refractivity contribution in [2.75, 3.05) is 6.61 Å². The molecule has 0 fully saturated rings. The van der Waals surface area contributed by atoms with E-state index in [1.165, 1.54) is 11.3 Å². The Hall–Kier alpha value is -1.40. The van der Waals surface area contributed by atoms with Gasteiger partial charge in [-0.15, -0.1) is 0 Å². The first-order chi connectivity index (χ1) is 8.56. The number of nitrogens with zero attached hydrogens (tertiary/aromatic N) is 2. The molecule has 0 radical (unpaired) electrons. The largest absolute Gasteiger partial charge is 0.468 e. The maximum absolute atomic E-state index is 10.8. The molecule has 18 heavy (non-hydrogen) atoms. The predicted octanol–water partition coefficient (Wildman–Crippen LogP) is 2.59. The first-order valence-corrected chi connectivity index (χ1v) is 6.37. The minimum atomic E-state index is 0.431. The van der Waals surface area contributed by atoms with E-state index in [9.17, 15) is 9.59 Å². The average Bonchev–Trinajstić information content (AvgIpc) is 2.81. The highest BCUT2D eigenvalue weighted by Crippen LogP contribution is 2.31. The van der Waals surface area contributed by atoms with Gasteiger partial charge in [0.15, 0.2) is 16.4 Å². The highest BCUT2D eigenvalue weighted by atomic mass is 35.5. The summed E-state index contributed by atoms with van der Waals surface area (Å²) < 4.78 is 7.38. The summed E-state index contributed by atoms with van der Waals surface area (Å²) in [6.45, 7) is 4.56. The molecule has 0 amide bonds. The van der Waals surface area contributed by atoms with Gasteiger partial charge in [-0.1, -0.05) is 22.9 Å². The van der Waals surface area contributed by atoms with E-state index in [1.54, 1.807) is 6.92 Å². The summed E-state index contributed by atoms with van der Waals surface area (Å²) in [6, 6.07) is 0. The number of ether oxygens (including phenoxy) is 1. The number of aldehydes is 1. The Morgan fingerprint density at radius 2 is 2.17 bits per heavy atom. The molecule has 0 aromatic carbocycles. The summed E-state index contributed by atoms with van der Waals surface area (Å²) in [6.07, 6.45) is 0.853. The van der Waals surface area contributed by atoms with E-state index in [-0.39, 0.29) is 0 Å². The molecule has 0 saturated carbocycles. The lowest BCUT2D eigenvalue weighted by Crippen LogP contribution is -1.92. The molecular weight excluding hydrogens is 276 g/mol. The molecule has 7 heteroatoms. The van der Waals surface area contributed by atoms with Crippen molar-refractivity contribution in [3.63, 3.8) is 0 Å². The van der Waals surface area contributed by atoms with Crippen molar-refractivity contribution < 1.29 is 14.3 Å². The number of aromatic nitrogens is 2. The van der Waals surface area contributed by atoms with E-state index < -0.39 is 0 Å². The van der Waals surface area contributed by atoms with Crippen molar-refractivity contribution in [3.8, 4) is 0 Å². The van der Waals surface area contributed by atoms with E-state index in [0.29, 0.717) is 23.1 Å². The van der Waals surface area contributed by atoms with Crippen LogP contribution in [-0.4, -0.2) is 28.9 Å². The third kappa shape index (κ3) is 2.88. The molecule has 5 nitrogen and oxygen atoms in total. The van der Waals surface area contributed by atoms with Crippen molar-refractivity contribution in [1.82, 2.24) is 9.55 Å². The maximum atomic E-state index is 10.8. The fourth-order valence-electron chi connectivity index (χ4n) is 1.40. The van der Waals surface area contributed by atoms with Gasteiger partial charge in [0.05, 0.1) is 16.9 Å². The van der Waals surface area contributed by atoms with Gasteiger partial charge in [-0.05, 0) is 13.8 Å². The Labute approximate surface area is 113 Å². The van der Waals surface area contributed by atoms with Gasteiger partial charge in [-0.2, -0.15) is 0 Å². The number of halogens is 1. The number of fused-ring (bicyclic) bond motifs is 1. The van der Waals surface area contributed by atoms with E-state index in [4.69, 9.17) is 11.6 Å². The third-order valence-electron chi connectivity index (χ3n) is 2.39. The Balaban J connectivity index is 0.000000280. The number of aryl methyl sites for hydroxylation is 1. The van der Waals surface area contributed by atoms with Crippen molar-refractivity contribution in [1.29, 1.82) is 0 Å². The van der Waals surface area contributed by atoms with Gasteiger partial charge in [0.1, 0.15) is 0 Å². The van der Waals surface area contributed by atoms with Crippen LogP contribution in [0, 0.1) is 6.92 Å². The molecule has 98 valence electrons. The number of hydrogen-bond donors (Lipinski definition) is 0. The fraction of sp³-hybridized carbons (Fsp3) is 0.364. The van der Waals surface area contributed by atoms with E-state index in [0.717, 1.165) is 22.3 Å². The lowest BCUT2D eigenvalue weighted by Gasteiger charge is -1.95. The lowest BCUT2D eigenvalue weighted by atomic mass is 10.3. The van der Waals surface area contributed by atoms with Crippen LogP contribution in [0.25, 0.3) is 10.3 Å². The van der Waals surface area contributed by atoms with Gasteiger partial charge < -0.3 is 9.30 Å². The second kappa shape index (κ2) is 6.51. The van der Waals surface area contributed by atoms with Crippen LogP contribution in [0.1, 0.15) is 23.0 Å². The Kier molecular flexibility index (Phi) is 5.30. The topological polar surface area (TPSA) is 61.2 Å². The van der Waals surface area contributed by atoms with Gasteiger partial charge in [0.2, 0.25) is 0 Å². The first-order valence-electron chi connectivity index (χ1n) is 5.18. The van der Waals surface area contributed by atoms with E-state index >= 15 is 0 Å². The van der Waals surface area contributed by atoms with E-state index in [2.05, 4.69) is 9.72 Å². The third-order valence-corrected chi connectivity index (χ3v) is 3.57. The zero-order valence-corrected chi connectivity index (χ0v) is 11.8. The highest BCUT2D eigenvalue weighted by molar-refractivity contribution is 7.22. The van der Waals surface area contributed by atoms with Crippen molar-refractivity contribution >= 4 is 46.0 Å². The van der Waals surface area contributed by atoms with Crippen LogP contribution in [0.15, 0.2) is 0 Å². The molecule has 0 spiro atoms. The van der Waals surface area contributed by atoms with Gasteiger partial charge in [-0.3, -0.25) is 9.59 Å². The normalized spacial score (nSPS) is 9.78. The molecule has 0 aliphatic heterocycles. The average molecular weight is 289 g/mol. The molecule has 2 aromatic heterocycles. The quantitative estimate of drug-likeness (QED) is 0.815. The van der Waals surface area contributed by atoms with Crippen molar-refractivity contribution in [2.45, 2.75) is 13.8 Å². The van der Waals surface area contributed by atoms with Crippen LogP contribution in [0.3, 0.4) is 0 Å². The summed E-state index contributed by atoms with van der Waals surface area (Å²) >= 11 is 7.10. The molecular formula is C11H13ClN2O3S. The van der Waals surface area contributed by atoms with Crippen LogP contribution in [0.4, 0.5) is 0 Å². The smallest absolute Gasteiger partial charge is 0.293 e. The van der Waals surface area contributed by atoms with Crippen LogP contribution in [0.5, 0.6) is 0 Å². The molecule has 0 aliphatic carbocycles. The monoisotopic (exact) mass is 288 g/mol. The number of rotatable bonds is 3. The minimum Gasteiger partial charge on any atom is -0.468 e. The predicted molar refractivity (Wildman–Crippen MR) is 71.4 cm³/mol. The van der Waals surface area contributed by atoms with Crippen molar-refractivity contribution in [2.24, 2.45) is 7.05 Å². The molecule has 0 bridgehead atoms. The Morgan fingerprint density at radius 1 is 1.50 bits per heavy atom. The molecule has 0 unspecified atom stereocenters. The summed E-state index contributed by atoms with van der Waals surface area (Å²) in [5, 5.41) is 0. The molecule has 2 heterocycles. The fourth-order valence-corrected chi connectivity index (χ4v) is 2.59. The molecule has 2 rings (SSSR count). The summed E-state index contributed by atoms with van der Waals surface area (Å²) in [7, 11) is 1.88.